The first-order valence-corrected chi connectivity index (χ1v) is 7.32. The highest BCUT2D eigenvalue weighted by molar-refractivity contribution is 6.30. The van der Waals surface area contributed by atoms with Crippen molar-refractivity contribution in [3.63, 3.8) is 0 Å². The molecule has 0 aliphatic carbocycles. The molecule has 3 aromatic rings. The molecular formula is C18H17ClN2. The summed E-state index contributed by atoms with van der Waals surface area (Å²) in [6.45, 7) is 2.87. The quantitative estimate of drug-likeness (QED) is 0.713. The molecule has 0 amide bonds. The standard InChI is InChI=1S/C18H17ClN2/c1-14-11-16(19)8-7-15(14)13-20-17-5-4-6-18(12-17)21-9-2-3-10-21/h2-12,20H,13H2,1H3. The smallest absolute Gasteiger partial charge is 0.0469 e. The summed E-state index contributed by atoms with van der Waals surface area (Å²) in [6.07, 6.45) is 4.09. The van der Waals surface area contributed by atoms with E-state index in [0.29, 0.717) is 0 Å². The zero-order chi connectivity index (χ0) is 14.7. The van der Waals surface area contributed by atoms with Crippen molar-refractivity contribution >= 4 is 17.3 Å². The highest BCUT2D eigenvalue weighted by atomic mass is 35.5. The van der Waals surface area contributed by atoms with Gasteiger partial charge in [-0.1, -0.05) is 23.7 Å². The second kappa shape index (κ2) is 6.06. The second-order valence-corrected chi connectivity index (χ2v) is 5.50. The van der Waals surface area contributed by atoms with Crippen LogP contribution in [0.4, 0.5) is 5.69 Å². The normalized spacial score (nSPS) is 10.6. The molecule has 0 saturated carbocycles. The van der Waals surface area contributed by atoms with Gasteiger partial charge in [-0.05, 0) is 60.5 Å². The first-order chi connectivity index (χ1) is 10.2. The molecule has 0 spiro atoms. The van der Waals surface area contributed by atoms with Crippen molar-refractivity contribution in [1.29, 1.82) is 0 Å². The molecule has 0 unspecified atom stereocenters. The van der Waals surface area contributed by atoms with E-state index in [0.717, 1.165) is 22.9 Å². The van der Waals surface area contributed by atoms with Crippen molar-refractivity contribution in [2.75, 3.05) is 5.32 Å². The highest BCUT2D eigenvalue weighted by Gasteiger charge is 2.01. The minimum Gasteiger partial charge on any atom is -0.381 e. The van der Waals surface area contributed by atoms with Gasteiger partial charge in [-0.2, -0.15) is 0 Å². The molecule has 0 fully saturated rings. The topological polar surface area (TPSA) is 17.0 Å². The number of nitrogens with one attached hydrogen (secondary N) is 1. The van der Waals surface area contributed by atoms with Crippen molar-refractivity contribution in [2.45, 2.75) is 13.5 Å². The van der Waals surface area contributed by atoms with Crippen LogP contribution < -0.4 is 5.32 Å². The minimum absolute atomic E-state index is 0.783. The van der Waals surface area contributed by atoms with Crippen LogP contribution in [0.2, 0.25) is 5.02 Å². The number of nitrogens with zero attached hydrogens (tertiary/aromatic N) is 1. The number of aromatic nitrogens is 1. The Labute approximate surface area is 130 Å². The van der Waals surface area contributed by atoms with Gasteiger partial charge in [-0.25, -0.2) is 0 Å². The van der Waals surface area contributed by atoms with E-state index in [1.807, 2.05) is 36.7 Å². The lowest BCUT2D eigenvalue weighted by Crippen LogP contribution is -2.02. The van der Waals surface area contributed by atoms with Gasteiger partial charge < -0.3 is 9.88 Å². The summed E-state index contributed by atoms with van der Waals surface area (Å²) < 4.78 is 2.10. The van der Waals surface area contributed by atoms with Crippen molar-refractivity contribution in [3.8, 4) is 5.69 Å². The van der Waals surface area contributed by atoms with Crippen LogP contribution in [0.3, 0.4) is 0 Å². The summed E-state index contributed by atoms with van der Waals surface area (Å²) in [7, 11) is 0. The SMILES string of the molecule is Cc1cc(Cl)ccc1CNc1cccc(-n2cccc2)c1. The Balaban J connectivity index is 1.75. The zero-order valence-electron chi connectivity index (χ0n) is 11.9. The fourth-order valence-electron chi connectivity index (χ4n) is 2.34. The van der Waals surface area contributed by atoms with Crippen molar-refractivity contribution < 1.29 is 0 Å². The van der Waals surface area contributed by atoms with Crippen LogP contribution in [0.15, 0.2) is 67.0 Å². The van der Waals surface area contributed by atoms with E-state index in [9.17, 15) is 0 Å². The van der Waals surface area contributed by atoms with Gasteiger partial charge in [-0.3, -0.25) is 0 Å². The molecule has 1 aromatic heterocycles. The Hall–Kier alpha value is -2.19. The van der Waals surface area contributed by atoms with Crippen molar-refractivity contribution in [1.82, 2.24) is 4.57 Å². The van der Waals surface area contributed by atoms with Gasteiger partial charge in [0.05, 0.1) is 0 Å². The van der Waals surface area contributed by atoms with Crippen LogP contribution in [0, 0.1) is 6.92 Å². The summed E-state index contributed by atoms with van der Waals surface area (Å²) in [5.41, 5.74) is 4.72. The lowest BCUT2D eigenvalue weighted by Gasteiger charge is -2.11. The number of benzene rings is 2. The molecule has 3 heteroatoms. The van der Waals surface area contributed by atoms with E-state index in [1.165, 1.54) is 11.1 Å². The third-order valence-electron chi connectivity index (χ3n) is 3.54. The van der Waals surface area contributed by atoms with Crippen molar-refractivity contribution in [2.24, 2.45) is 0 Å². The van der Waals surface area contributed by atoms with Gasteiger partial charge in [0.25, 0.3) is 0 Å². The average Bonchev–Trinajstić information content (AvgIpc) is 3.01. The highest BCUT2D eigenvalue weighted by Crippen LogP contribution is 2.19. The summed E-state index contributed by atoms with van der Waals surface area (Å²) in [5, 5.41) is 4.25. The first-order valence-electron chi connectivity index (χ1n) is 6.95. The Morgan fingerprint density at radius 1 is 1.00 bits per heavy atom. The predicted molar refractivity (Wildman–Crippen MR) is 89.3 cm³/mol. The molecule has 0 atom stereocenters. The van der Waals surface area contributed by atoms with Gasteiger partial charge in [0.1, 0.15) is 0 Å². The van der Waals surface area contributed by atoms with E-state index in [1.54, 1.807) is 0 Å². The molecule has 1 N–H and O–H groups in total. The molecule has 0 saturated heterocycles. The number of hydrogen-bond acceptors (Lipinski definition) is 1. The average molecular weight is 297 g/mol. The second-order valence-electron chi connectivity index (χ2n) is 5.07. The van der Waals surface area contributed by atoms with Crippen LogP contribution in [0.1, 0.15) is 11.1 Å². The minimum atomic E-state index is 0.783. The summed E-state index contributed by atoms with van der Waals surface area (Å²) in [5.74, 6) is 0. The molecule has 3 rings (SSSR count). The lowest BCUT2D eigenvalue weighted by molar-refractivity contribution is 1.07. The fraction of sp³-hybridized carbons (Fsp3) is 0.111. The van der Waals surface area contributed by atoms with Crippen LogP contribution in [0.25, 0.3) is 5.69 Å². The maximum Gasteiger partial charge on any atom is 0.0469 e. The molecule has 0 radical (unpaired) electrons. The van der Waals surface area contributed by atoms with Gasteiger partial charge in [0.15, 0.2) is 0 Å². The molecule has 0 bridgehead atoms. The third-order valence-corrected chi connectivity index (χ3v) is 3.77. The number of rotatable bonds is 4. The lowest BCUT2D eigenvalue weighted by atomic mass is 10.1. The van der Waals surface area contributed by atoms with E-state index in [4.69, 9.17) is 11.6 Å². The van der Waals surface area contributed by atoms with E-state index < -0.39 is 0 Å². The molecule has 106 valence electrons. The van der Waals surface area contributed by atoms with E-state index >= 15 is 0 Å². The first kappa shape index (κ1) is 13.8. The van der Waals surface area contributed by atoms with Crippen LogP contribution in [-0.2, 0) is 6.54 Å². The van der Waals surface area contributed by atoms with Crippen LogP contribution >= 0.6 is 11.6 Å². The summed E-state index contributed by atoms with van der Waals surface area (Å²) >= 11 is 5.99. The predicted octanol–water partition coefficient (Wildman–Crippen LogP) is 5.05. The van der Waals surface area contributed by atoms with Gasteiger partial charge in [0, 0.05) is 35.3 Å². The monoisotopic (exact) mass is 296 g/mol. The zero-order valence-corrected chi connectivity index (χ0v) is 12.6. The number of anilines is 1. The molecule has 0 aliphatic heterocycles. The van der Waals surface area contributed by atoms with Crippen LogP contribution in [-0.4, -0.2) is 4.57 Å². The summed E-state index contributed by atoms with van der Waals surface area (Å²) in [6, 6.07) is 18.4. The van der Waals surface area contributed by atoms with E-state index in [2.05, 4.69) is 47.1 Å². The Morgan fingerprint density at radius 3 is 2.57 bits per heavy atom. The molecule has 2 nitrogen and oxygen atoms in total. The van der Waals surface area contributed by atoms with Crippen molar-refractivity contribution in [3.05, 3.63) is 83.1 Å². The molecule has 0 aliphatic rings. The largest absolute Gasteiger partial charge is 0.381 e. The van der Waals surface area contributed by atoms with Crippen LogP contribution in [0.5, 0.6) is 0 Å². The third kappa shape index (κ3) is 3.29. The van der Waals surface area contributed by atoms with E-state index in [-0.39, 0.29) is 0 Å². The Morgan fingerprint density at radius 2 is 1.81 bits per heavy atom. The Kier molecular flexibility index (Phi) is 3.98. The summed E-state index contributed by atoms with van der Waals surface area (Å²) in [4.78, 5) is 0. The van der Waals surface area contributed by atoms with Gasteiger partial charge in [-0.15, -0.1) is 0 Å². The number of halogens is 1. The molecule has 21 heavy (non-hydrogen) atoms. The maximum absolute atomic E-state index is 5.99. The van der Waals surface area contributed by atoms with Gasteiger partial charge >= 0.3 is 0 Å². The number of aryl methyl sites for hydroxylation is 1. The van der Waals surface area contributed by atoms with Gasteiger partial charge in [0.2, 0.25) is 0 Å². The number of hydrogen-bond donors (Lipinski definition) is 1. The Bertz CT molecular complexity index is 733. The molecular weight excluding hydrogens is 280 g/mol. The fourth-order valence-corrected chi connectivity index (χ4v) is 2.56. The molecule has 1 heterocycles. The maximum atomic E-state index is 5.99. The molecule has 2 aromatic carbocycles.